The maximum Gasteiger partial charge on any atom is 0.323 e. The summed E-state index contributed by atoms with van der Waals surface area (Å²) in [6.45, 7) is 0.184. The zero-order chi connectivity index (χ0) is 23.8. The number of allylic oxidation sites excluding steroid dienone is 1. The van der Waals surface area contributed by atoms with Gasteiger partial charge in [-0.1, -0.05) is 88.5 Å². The van der Waals surface area contributed by atoms with Crippen molar-refractivity contribution in [3.8, 4) is 0 Å². The van der Waals surface area contributed by atoms with Crippen LogP contribution >= 0.6 is 58.2 Å². The van der Waals surface area contributed by atoms with E-state index in [-0.39, 0.29) is 23.0 Å². The van der Waals surface area contributed by atoms with Crippen LogP contribution in [0, 0.1) is 10.1 Å². The van der Waals surface area contributed by atoms with E-state index in [0.717, 1.165) is 22.2 Å². The molecule has 0 atom stereocenters. The van der Waals surface area contributed by atoms with E-state index in [1.165, 1.54) is 0 Å². The summed E-state index contributed by atoms with van der Waals surface area (Å²) >= 11 is 25.4. The van der Waals surface area contributed by atoms with Gasteiger partial charge in [0.05, 0.1) is 11.5 Å². The second kappa shape index (κ2) is 12.3. The molecule has 0 aromatic heterocycles. The second-order valence-corrected chi connectivity index (χ2v) is 9.66. The van der Waals surface area contributed by atoms with Gasteiger partial charge in [0, 0.05) is 20.6 Å². The largest absolute Gasteiger partial charge is 0.344 e. The summed E-state index contributed by atoms with van der Waals surface area (Å²) in [7, 11) is 0. The van der Waals surface area contributed by atoms with Crippen LogP contribution in [0.4, 0.5) is 5.69 Å². The van der Waals surface area contributed by atoms with Crippen molar-refractivity contribution in [2.75, 3.05) is 5.32 Å². The molecule has 3 aromatic carbocycles. The summed E-state index contributed by atoms with van der Waals surface area (Å²) in [5, 5.41) is 16.6. The highest BCUT2D eigenvalue weighted by Gasteiger charge is 2.31. The number of thioether (sulfide) groups is 1. The summed E-state index contributed by atoms with van der Waals surface area (Å²) in [5.41, 5.74) is 1.09. The lowest BCUT2D eigenvalue weighted by molar-refractivity contribution is -0.415. The lowest BCUT2D eigenvalue weighted by Crippen LogP contribution is -2.22. The van der Waals surface area contributed by atoms with Gasteiger partial charge in [-0.2, -0.15) is 0 Å². The molecular weight excluding hydrogens is 524 g/mol. The molecule has 5 nitrogen and oxygen atoms in total. The van der Waals surface area contributed by atoms with Crippen molar-refractivity contribution >= 4 is 69.6 Å². The fraction of sp³-hybridized carbons (Fsp3) is 0.0870. The molecular formula is C23H17Cl4N3O2S. The molecule has 0 spiro atoms. The topological polar surface area (TPSA) is 67.5 Å². The zero-order valence-electron chi connectivity index (χ0n) is 16.9. The highest BCUT2D eigenvalue weighted by Crippen LogP contribution is 2.33. The Kier molecular flexibility index (Phi) is 9.47. The molecule has 0 radical (unpaired) electrons. The van der Waals surface area contributed by atoms with E-state index >= 15 is 0 Å². The van der Waals surface area contributed by atoms with Crippen molar-refractivity contribution < 1.29 is 4.92 Å². The van der Waals surface area contributed by atoms with E-state index < -0.39 is 9.76 Å². The number of nitrogens with one attached hydrogen (secondary N) is 1. The van der Waals surface area contributed by atoms with Crippen molar-refractivity contribution in [1.29, 1.82) is 0 Å². The molecule has 10 heteroatoms. The van der Waals surface area contributed by atoms with Crippen molar-refractivity contribution in [3.63, 3.8) is 0 Å². The van der Waals surface area contributed by atoms with Crippen molar-refractivity contribution in [2.45, 2.75) is 16.3 Å². The first kappa shape index (κ1) is 25.4. The Morgan fingerprint density at radius 1 is 0.939 bits per heavy atom. The third-order valence-corrected chi connectivity index (χ3v) is 6.18. The Bertz CT molecular complexity index is 1100. The van der Waals surface area contributed by atoms with Gasteiger partial charge in [-0.3, -0.25) is 15.1 Å². The molecule has 0 aliphatic carbocycles. The van der Waals surface area contributed by atoms with Gasteiger partial charge in [-0.05, 0) is 54.1 Å². The van der Waals surface area contributed by atoms with Crippen LogP contribution in [-0.2, 0) is 6.54 Å². The third-order valence-electron chi connectivity index (χ3n) is 4.26. The van der Waals surface area contributed by atoms with Gasteiger partial charge in [-0.25, -0.2) is 0 Å². The predicted molar refractivity (Wildman–Crippen MR) is 139 cm³/mol. The van der Waals surface area contributed by atoms with E-state index in [2.05, 4.69) is 10.3 Å². The normalized spacial score (nSPS) is 12.5. The van der Waals surface area contributed by atoms with Gasteiger partial charge >= 0.3 is 5.70 Å². The Morgan fingerprint density at radius 3 is 2.06 bits per heavy atom. The highest BCUT2D eigenvalue weighted by atomic mass is 35.5. The molecule has 0 heterocycles. The monoisotopic (exact) mass is 539 g/mol. The summed E-state index contributed by atoms with van der Waals surface area (Å²) in [4.78, 5) is 15.6. The summed E-state index contributed by atoms with van der Waals surface area (Å²) in [6.07, 6.45) is 0. The number of nitrogens with zero attached hydrogens (tertiary/aromatic N) is 2. The number of nitro groups is 1. The molecule has 0 amide bonds. The lowest BCUT2D eigenvalue weighted by atomic mass is 10.2. The molecule has 0 aliphatic heterocycles. The predicted octanol–water partition coefficient (Wildman–Crippen LogP) is 8.09. The average molecular weight is 541 g/mol. The van der Waals surface area contributed by atoms with Crippen LogP contribution in [0.15, 0.2) is 99.5 Å². The number of rotatable bonds is 9. The Labute approximate surface area is 215 Å². The summed E-state index contributed by atoms with van der Waals surface area (Å²) in [6, 6.07) is 23.0. The fourth-order valence-corrected chi connectivity index (χ4v) is 4.27. The smallest absolute Gasteiger partial charge is 0.323 e. The van der Waals surface area contributed by atoms with Crippen LogP contribution in [0.3, 0.4) is 0 Å². The molecule has 0 unspecified atom stereocenters. The number of hydrogen-bond donors (Lipinski definition) is 1. The van der Waals surface area contributed by atoms with Crippen molar-refractivity contribution in [2.24, 2.45) is 4.99 Å². The minimum atomic E-state index is -1.22. The van der Waals surface area contributed by atoms with Crippen LogP contribution in [0.5, 0.6) is 0 Å². The van der Waals surface area contributed by atoms with E-state index in [0.29, 0.717) is 15.7 Å². The number of hydrogen-bond acceptors (Lipinski definition) is 5. The standard InChI is InChI=1S/C23H17Cl4N3O2S/c24-16-6-10-18(11-7-16)29-23(33-19-12-8-17(25)9-13-19)21(30(31)32)20(22(26)27)28-14-15-4-2-1-3-5-15/h1-13,22,29H,14H2/b23-21-,28-20?. The lowest BCUT2D eigenvalue weighted by Gasteiger charge is -2.14. The molecule has 3 aromatic rings. The zero-order valence-corrected chi connectivity index (χ0v) is 20.8. The average Bonchev–Trinajstić information content (AvgIpc) is 2.79. The Balaban J connectivity index is 2.09. The minimum absolute atomic E-state index is 0.0508. The molecule has 0 bridgehead atoms. The second-order valence-electron chi connectivity index (χ2n) is 6.61. The number of aliphatic imine (C=N–C) groups is 1. The SMILES string of the molecule is O=[N+]([O-])/C(C(=NCc1ccccc1)C(Cl)Cl)=C(/Nc1ccc(Cl)cc1)Sc1ccc(Cl)cc1. The molecule has 0 fully saturated rings. The van der Waals surface area contributed by atoms with Crippen molar-refractivity contribution in [1.82, 2.24) is 0 Å². The highest BCUT2D eigenvalue weighted by molar-refractivity contribution is 8.03. The first-order chi connectivity index (χ1) is 15.8. The van der Waals surface area contributed by atoms with Gasteiger partial charge in [-0.15, -0.1) is 0 Å². The molecule has 1 N–H and O–H groups in total. The summed E-state index contributed by atoms with van der Waals surface area (Å²) < 4.78 is 0. The molecule has 170 valence electrons. The van der Waals surface area contributed by atoms with Crippen LogP contribution in [0.25, 0.3) is 0 Å². The maximum absolute atomic E-state index is 12.2. The first-order valence-corrected chi connectivity index (χ1v) is 12.0. The van der Waals surface area contributed by atoms with E-state index in [4.69, 9.17) is 46.4 Å². The minimum Gasteiger partial charge on any atom is -0.344 e. The Morgan fingerprint density at radius 2 is 1.52 bits per heavy atom. The van der Waals surface area contributed by atoms with Crippen LogP contribution in [-0.4, -0.2) is 15.5 Å². The van der Waals surface area contributed by atoms with Gasteiger partial charge in [0.2, 0.25) is 0 Å². The van der Waals surface area contributed by atoms with Crippen LogP contribution < -0.4 is 5.32 Å². The third kappa shape index (κ3) is 7.66. The maximum atomic E-state index is 12.2. The molecule has 0 aliphatic rings. The molecule has 0 saturated heterocycles. The number of anilines is 1. The van der Waals surface area contributed by atoms with E-state index in [1.54, 1.807) is 48.5 Å². The fourth-order valence-electron chi connectivity index (χ4n) is 2.72. The van der Waals surface area contributed by atoms with Gasteiger partial charge in [0.1, 0.15) is 5.71 Å². The molecule has 0 saturated carbocycles. The number of halogens is 4. The first-order valence-electron chi connectivity index (χ1n) is 9.55. The van der Waals surface area contributed by atoms with E-state index in [9.17, 15) is 10.1 Å². The molecule has 3 rings (SSSR count). The number of alkyl halides is 2. The number of benzene rings is 3. The quantitative estimate of drug-likeness (QED) is 0.0978. The van der Waals surface area contributed by atoms with Crippen molar-refractivity contribution in [3.05, 3.63) is 115 Å². The van der Waals surface area contributed by atoms with Gasteiger partial charge in [0.25, 0.3) is 0 Å². The van der Waals surface area contributed by atoms with Gasteiger partial charge < -0.3 is 5.32 Å². The summed E-state index contributed by atoms with van der Waals surface area (Å²) in [5.74, 6) is 0. The molecule has 33 heavy (non-hydrogen) atoms. The van der Waals surface area contributed by atoms with Gasteiger partial charge in [0.15, 0.2) is 9.87 Å². The van der Waals surface area contributed by atoms with E-state index in [1.807, 2.05) is 30.3 Å². The Hall–Kier alpha value is -2.22. The van der Waals surface area contributed by atoms with Crippen LogP contribution in [0.2, 0.25) is 10.0 Å². The van der Waals surface area contributed by atoms with Crippen LogP contribution in [0.1, 0.15) is 5.56 Å².